The molecule has 3 N–H and O–H groups in total. The number of nitrogens with one attached hydrogen (secondary N) is 3. The van der Waals surface area contributed by atoms with Crippen LogP contribution in [0.3, 0.4) is 0 Å². The summed E-state index contributed by atoms with van der Waals surface area (Å²) in [6, 6.07) is 9.35. The molecule has 33 heavy (non-hydrogen) atoms. The van der Waals surface area contributed by atoms with E-state index in [2.05, 4.69) is 30.8 Å². The lowest BCUT2D eigenvalue weighted by atomic mass is 9.99. The number of carbonyl (C=O) groups is 1. The molecule has 0 spiro atoms. The molecule has 0 unspecified atom stereocenters. The molecule has 0 aliphatic heterocycles. The number of hydrogen-bond acceptors (Lipinski definition) is 7. The minimum absolute atomic E-state index is 0.0437. The van der Waals surface area contributed by atoms with Gasteiger partial charge in [-0.15, -0.1) is 11.3 Å². The topological polar surface area (TPSA) is 113 Å². The summed E-state index contributed by atoms with van der Waals surface area (Å²) >= 11 is 1.47. The van der Waals surface area contributed by atoms with Gasteiger partial charge in [-0.2, -0.15) is 5.10 Å². The van der Waals surface area contributed by atoms with Crippen LogP contribution in [-0.4, -0.2) is 26.1 Å². The first-order valence-electron chi connectivity index (χ1n) is 10.4. The number of rotatable bonds is 5. The summed E-state index contributed by atoms with van der Waals surface area (Å²) in [6.07, 6.45) is 7.13. The molecule has 0 saturated carbocycles. The van der Waals surface area contributed by atoms with Crippen molar-refractivity contribution in [3.8, 4) is 11.3 Å². The molecule has 3 aromatic heterocycles. The van der Waals surface area contributed by atoms with Gasteiger partial charge < -0.3 is 10.6 Å². The normalized spacial score (nSPS) is 12.8. The third kappa shape index (κ3) is 4.51. The monoisotopic (exact) mass is 462 g/mol. The van der Waals surface area contributed by atoms with Crippen LogP contribution in [0.4, 0.5) is 21.6 Å². The van der Waals surface area contributed by atoms with E-state index >= 15 is 0 Å². The van der Waals surface area contributed by atoms with Gasteiger partial charge in [-0.25, -0.2) is 19.5 Å². The Kier molecular flexibility index (Phi) is 5.66. The third-order valence-electron chi connectivity index (χ3n) is 5.38. The maximum Gasteiger partial charge on any atom is 0.287 e. The Hall–Kier alpha value is -3.92. The van der Waals surface area contributed by atoms with Crippen LogP contribution in [0.2, 0.25) is 0 Å². The highest BCUT2D eigenvalue weighted by Gasteiger charge is 2.19. The number of amides is 1. The number of aryl methyl sites for hydroxylation is 2. The predicted molar refractivity (Wildman–Crippen MR) is 124 cm³/mol. The summed E-state index contributed by atoms with van der Waals surface area (Å²) in [6.45, 7) is 0. The molecule has 10 heteroatoms. The maximum atomic E-state index is 14.5. The van der Waals surface area contributed by atoms with Gasteiger partial charge in [0.1, 0.15) is 23.6 Å². The highest BCUT2D eigenvalue weighted by atomic mass is 32.1. The lowest BCUT2D eigenvalue weighted by Crippen LogP contribution is -2.14. The van der Waals surface area contributed by atoms with Crippen molar-refractivity contribution in [1.29, 1.82) is 0 Å². The lowest BCUT2D eigenvalue weighted by Gasteiger charge is -2.09. The number of aromatic nitrogens is 4. The number of benzene rings is 1. The van der Waals surface area contributed by atoms with E-state index in [0.717, 1.165) is 25.7 Å². The van der Waals surface area contributed by atoms with Crippen molar-refractivity contribution in [2.75, 3.05) is 10.6 Å². The van der Waals surface area contributed by atoms with Crippen molar-refractivity contribution < 1.29 is 9.18 Å². The summed E-state index contributed by atoms with van der Waals surface area (Å²) < 4.78 is 14.5. The van der Waals surface area contributed by atoms with Crippen LogP contribution in [0, 0.1) is 5.82 Å². The van der Waals surface area contributed by atoms with E-state index in [1.165, 1.54) is 52.4 Å². The highest BCUT2D eigenvalue weighted by molar-refractivity contribution is 7.14. The molecule has 166 valence electrons. The Morgan fingerprint density at radius 2 is 1.97 bits per heavy atom. The zero-order valence-electron chi connectivity index (χ0n) is 17.4. The molecule has 3 heterocycles. The van der Waals surface area contributed by atoms with E-state index < -0.39 is 11.4 Å². The molecule has 1 aliphatic rings. The molecule has 0 saturated heterocycles. The van der Waals surface area contributed by atoms with E-state index in [1.54, 1.807) is 12.3 Å². The third-order valence-corrected chi connectivity index (χ3v) is 6.61. The number of halogens is 1. The van der Waals surface area contributed by atoms with Gasteiger partial charge in [0.2, 0.25) is 0 Å². The van der Waals surface area contributed by atoms with Crippen LogP contribution in [0.5, 0.6) is 0 Å². The van der Waals surface area contributed by atoms with E-state index in [9.17, 15) is 14.0 Å². The molecule has 0 fully saturated rings. The average Bonchev–Trinajstić information content (AvgIpc) is 3.27. The summed E-state index contributed by atoms with van der Waals surface area (Å²) in [4.78, 5) is 34.6. The smallest absolute Gasteiger partial charge is 0.287 e. The van der Waals surface area contributed by atoms with Gasteiger partial charge >= 0.3 is 0 Å². The first-order valence-corrected chi connectivity index (χ1v) is 11.2. The number of anilines is 3. The standard InChI is InChI=1S/C23H19FN6O2S/c24-15-6-5-13(16-11-18(22(31)30-29-16)27-21-7-8-25-12-26-21)9-17(15)28-23(32)20-10-14-3-1-2-4-19(14)33-20/h5-12H,1-4H2,(H,28,32)(H,30,31)(H,25,26,27,29). The molecule has 1 aliphatic carbocycles. The number of thiophene rings is 1. The molecule has 5 rings (SSSR count). The Morgan fingerprint density at radius 3 is 2.79 bits per heavy atom. The van der Waals surface area contributed by atoms with Crippen LogP contribution >= 0.6 is 11.3 Å². The lowest BCUT2D eigenvalue weighted by molar-refractivity contribution is 0.103. The molecule has 8 nitrogen and oxygen atoms in total. The molecular weight excluding hydrogens is 443 g/mol. The van der Waals surface area contributed by atoms with Crippen molar-refractivity contribution in [3.63, 3.8) is 0 Å². The van der Waals surface area contributed by atoms with Crippen LogP contribution in [0.1, 0.15) is 33.0 Å². The summed E-state index contributed by atoms with van der Waals surface area (Å²) in [7, 11) is 0. The van der Waals surface area contributed by atoms with Crippen LogP contribution in [-0.2, 0) is 12.8 Å². The van der Waals surface area contributed by atoms with Crippen molar-refractivity contribution in [1.82, 2.24) is 20.2 Å². The average molecular weight is 463 g/mol. The Bertz CT molecular complexity index is 1360. The van der Waals surface area contributed by atoms with E-state index in [-0.39, 0.29) is 17.3 Å². The summed E-state index contributed by atoms with van der Waals surface area (Å²) in [5.41, 5.74) is 1.97. The Morgan fingerprint density at radius 1 is 1.09 bits per heavy atom. The van der Waals surface area contributed by atoms with Crippen molar-refractivity contribution in [3.05, 3.63) is 80.4 Å². The summed E-state index contributed by atoms with van der Waals surface area (Å²) in [5, 5.41) is 12.1. The van der Waals surface area contributed by atoms with Crippen LogP contribution in [0.25, 0.3) is 11.3 Å². The molecular formula is C23H19FN6O2S. The van der Waals surface area contributed by atoms with Crippen molar-refractivity contribution in [2.45, 2.75) is 25.7 Å². The van der Waals surface area contributed by atoms with Crippen molar-refractivity contribution >= 4 is 34.4 Å². The molecule has 1 amide bonds. The second-order valence-corrected chi connectivity index (χ2v) is 8.77. The van der Waals surface area contributed by atoms with E-state index in [1.807, 2.05) is 6.07 Å². The van der Waals surface area contributed by atoms with Crippen LogP contribution < -0.4 is 16.2 Å². The number of aromatic amines is 1. The zero-order chi connectivity index (χ0) is 22.8. The minimum atomic E-state index is -0.558. The Labute approximate surface area is 191 Å². The molecule has 0 atom stereocenters. The second kappa shape index (κ2) is 8.91. The molecule has 4 aromatic rings. The van der Waals surface area contributed by atoms with Gasteiger partial charge in [-0.1, -0.05) is 0 Å². The molecule has 0 radical (unpaired) electrons. The number of hydrogen-bond donors (Lipinski definition) is 3. The van der Waals surface area contributed by atoms with E-state index in [0.29, 0.717) is 22.0 Å². The molecule has 1 aromatic carbocycles. The van der Waals surface area contributed by atoms with Gasteiger partial charge in [0.15, 0.2) is 0 Å². The first kappa shape index (κ1) is 21.0. The predicted octanol–water partition coefficient (Wildman–Crippen LogP) is 4.30. The fourth-order valence-electron chi connectivity index (χ4n) is 3.72. The van der Waals surface area contributed by atoms with Crippen LogP contribution in [0.15, 0.2) is 53.7 Å². The van der Waals surface area contributed by atoms with Crippen molar-refractivity contribution in [2.24, 2.45) is 0 Å². The first-order chi connectivity index (χ1) is 16.1. The largest absolute Gasteiger partial charge is 0.336 e. The van der Waals surface area contributed by atoms with Gasteiger partial charge in [-0.05, 0) is 67.6 Å². The maximum absolute atomic E-state index is 14.5. The fraction of sp³-hybridized carbons (Fsp3) is 0.174. The van der Waals surface area contributed by atoms with Gasteiger partial charge in [-0.3, -0.25) is 9.59 Å². The van der Waals surface area contributed by atoms with Gasteiger partial charge in [0.05, 0.1) is 16.3 Å². The van der Waals surface area contributed by atoms with Gasteiger partial charge in [0.25, 0.3) is 11.5 Å². The second-order valence-electron chi connectivity index (χ2n) is 7.63. The Balaban J connectivity index is 1.40. The minimum Gasteiger partial charge on any atom is -0.336 e. The number of nitrogens with zero attached hydrogens (tertiary/aromatic N) is 3. The highest BCUT2D eigenvalue weighted by Crippen LogP contribution is 2.31. The number of fused-ring (bicyclic) bond motifs is 1. The van der Waals surface area contributed by atoms with Gasteiger partial charge in [0, 0.05) is 16.6 Å². The quantitative estimate of drug-likeness (QED) is 0.408. The SMILES string of the molecule is O=C(Nc1cc(-c2cc(Nc3ccncn3)c(=O)[nH]n2)ccc1F)c1cc2c(s1)CCCC2. The number of H-pyrrole nitrogens is 1. The van der Waals surface area contributed by atoms with E-state index in [4.69, 9.17) is 0 Å². The summed E-state index contributed by atoms with van der Waals surface area (Å²) in [5.74, 6) is -0.457. The fourth-order valence-corrected chi connectivity index (χ4v) is 4.86. The molecule has 0 bridgehead atoms. The zero-order valence-corrected chi connectivity index (χ0v) is 18.2. The number of carbonyl (C=O) groups excluding carboxylic acids is 1.